The molecule has 1 aromatic rings. The maximum Gasteiger partial charge on any atom is 0.302 e. The molecular weight excluding hydrogens is 242 g/mol. The Morgan fingerprint density at radius 1 is 1.26 bits per heavy atom. The Hall–Kier alpha value is -1.55. The molecule has 4 nitrogen and oxygen atoms in total. The van der Waals surface area contributed by atoms with E-state index in [9.17, 15) is 4.79 Å². The highest BCUT2D eigenvalue weighted by Crippen LogP contribution is 2.13. The van der Waals surface area contributed by atoms with Crippen LogP contribution in [0.2, 0.25) is 0 Å². The molecule has 0 radical (unpaired) electrons. The summed E-state index contributed by atoms with van der Waals surface area (Å²) in [6.07, 6.45) is 0. The van der Waals surface area contributed by atoms with E-state index in [0.717, 1.165) is 12.3 Å². The van der Waals surface area contributed by atoms with E-state index in [0.29, 0.717) is 13.2 Å². The molecule has 0 heterocycles. The Morgan fingerprint density at radius 3 is 2.42 bits per heavy atom. The third-order valence-corrected chi connectivity index (χ3v) is 2.64. The fourth-order valence-electron chi connectivity index (χ4n) is 1.54. The van der Waals surface area contributed by atoms with E-state index < -0.39 is 0 Å². The van der Waals surface area contributed by atoms with Crippen molar-refractivity contribution in [3.63, 3.8) is 0 Å². The fourth-order valence-corrected chi connectivity index (χ4v) is 1.54. The Kier molecular flexibility index (Phi) is 5.83. The first-order chi connectivity index (χ1) is 8.93. The van der Waals surface area contributed by atoms with Gasteiger partial charge in [0, 0.05) is 19.0 Å². The van der Waals surface area contributed by atoms with Gasteiger partial charge in [-0.3, -0.25) is 4.79 Å². The maximum absolute atomic E-state index is 10.8. The van der Waals surface area contributed by atoms with Crippen LogP contribution in [0, 0.1) is 0 Å². The van der Waals surface area contributed by atoms with Gasteiger partial charge < -0.3 is 14.8 Å². The maximum atomic E-state index is 10.8. The minimum absolute atomic E-state index is 0.246. The Labute approximate surface area is 115 Å². The zero-order valence-electron chi connectivity index (χ0n) is 12.2. The second-order valence-electron chi connectivity index (χ2n) is 5.09. The molecule has 0 saturated carbocycles. The topological polar surface area (TPSA) is 47.6 Å². The van der Waals surface area contributed by atoms with Crippen molar-refractivity contribution in [2.45, 2.75) is 39.8 Å². The SMILES string of the molecule is CCOc1ccc(CNC(C)(C)COC(C)=O)cc1. The van der Waals surface area contributed by atoms with Gasteiger partial charge in [-0.1, -0.05) is 12.1 Å². The number of benzene rings is 1. The van der Waals surface area contributed by atoms with Crippen molar-refractivity contribution in [2.24, 2.45) is 0 Å². The second kappa shape index (κ2) is 7.14. The lowest BCUT2D eigenvalue weighted by molar-refractivity contribution is -0.142. The van der Waals surface area contributed by atoms with Crippen LogP contribution in [0.15, 0.2) is 24.3 Å². The number of nitrogens with one attached hydrogen (secondary N) is 1. The number of rotatable bonds is 7. The standard InChI is InChI=1S/C15H23NO3/c1-5-18-14-8-6-13(7-9-14)10-16-15(3,4)11-19-12(2)17/h6-9,16H,5,10-11H2,1-4H3. The molecule has 0 aliphatic heterocycles. The van der Waals surface area contributed by atoms with Crippen molar-refractivity contribution in [1.82, 2.24) is 5.32 Å². The lowest BCUT2D eigenvalue weighted by Crippen LogP contribution is -2.43. The lowest BCUT2D eigenvalue weighted by Gasteiger charge is -2.25. The van der Waals surface area contributed by atoms with Gasteiger partial charge in [-0.05, 0) is 38.5 Å². The molecular formula is C15H23NO3. The highest BCUT2D eigenvalue weighted by molar-refractivity contribution is 5.65. The number of carbonyl (C=O) groups excluding carboxylic acids is 1. The van der Waals surface area contributed by atoms with Crippen LogP contribution < -0.4 is 10.1 Å². The van der Waals surface area contributed by atoms with Gasteiger partial charge in [-0.2, -0.15) is 0 Å². The van der Waals surface area contributed by atoms with Crippen molar-refractivity contribution in [2.75, 3.05) is 13.2 Å². The van der Waals surface area contributed by atoms with Crippen LogP contribution in [-0.2, 0) is 16.1 Å². The van der Waals surface area contributed by atoms with E-state index in [1.165, 1.54) is 12.5 Å². The molecule has 0 aliphatic rings. The van der Waals surface area contributed by atoms with Crippen molar-refractivity contribution in [3.05, 3.63) is 29.8 Å². The average molecular weight is 265 g/mol. The molecule has 1 aromatic carbocycles. The van der Waals surface area contributed by atoms with Crippen molar-refractivity contribution in [3.8, 4) is 5.75 Å². The summed E-state index contributed by atoms with van der Waals surface area (Å²) in [5.41, 5.74) is 0.920. The van der Waals surface area contributed by atoms with E-state index >= 15 is 0 Å². The smallest absolute Gasteiger partial charge is 0.302 e. The van der Waals surface area contributed by atoms with E-state index in [4.69, 9.17) is 9.47 Å². The van der Waals surface area contributed by atoms with Gasteiger partial charge in [0.15, 0.2) is 0 Å². The predicted molar refractivity (Wildman–Crippen MR) is 75.2 cm³/mol. The van der Waals surface area contributed by atoms with Crippen LogP contribution in [0.3, 0.4) is 0 Å². The summed E-state index contributed by atoms with van der Waals surface area (Å²) in [6.45, 7) is 9.15. The van der Waals surface area contributed by atoms with Crippen molar-refractivity contribution in [1.29, 1.82) is 0 Å². The van der Waals surface area contributed by atoms with Gasteiger partial charge in [0.05, 0.1) is 6.61 Å². The van der Waals surface area contributed by atoms with E-state index in [-0.39, 0.29) is 11.5 Å². The van der Waals surface area contributed by atoms with Crippen LogP contribution in [0.1, 0.15) is 33.3 Å². The van der Waals surface area contributed by atoms with Crippen LogP contribution in [0.4, 0.5) is 0 Å². The number of carbonyl (C=O) groups is 1. The van der Waals surface area contributed by atoms with Gasteiger partial charge in [0.25, 0.3) is 0 Å². The number of ether oxygens (including phenoxy) is 2. The van der Waals surface area contributed by atoms with Gasteiger partial charge in [0.2, 0.25) is 0 Å². The normalized spacial score (nSPS) is 11.2. The first kappa shape index (κ1) is 15.5. The minimum Gasteiger partial charge on any atom is -0.494 e. The molecule has 0 aliphatic carbocycles. The molecule has 0 bridgehead atoms. The first-order valence-electron chi connectivity index (χ1n) is 6.53. The summed E-state index contributed by atoms with van der Waals surface area (Å²) in [6, 6.07) is 7.97. The molecule has 0 spiro atoms. The molecule has 0 amide bonds. The van der Waals surface area contributed by atoms with Gasteiger partial charge in [-0.25, -0.2) is 0 Å². The van der Waals surface area contributed by atoms with Crippen LogP contribution in [0.5, 0.6) is 5.75 Å². The zero-order valence-corrected chi connectivity index (χ0v) is 12.2. The molecule has 0 fully saturated rings. The van der Waals surface area contributed by atoms with Gasteiger partial charge in [0.1, 0.15) is 12.4 Å². The summed E-state index contributed by atoms with van der Waals surface area (Å²) in [5, 5.41) is 3.36. The molecule has 0 saturated heterocycles. The molecule has 0 unspecified atom stereocenters. The quantitative estimate of drug-likeness (QED) is 0.770. The zero-order chi connectivity index (χ0) is 14.3. The summed E-state index contributed by atoms with van der Waals surface area (Å²) in [7, 11) is 0. The molecule has 106 valence electrons. The lowest BCUT2D eigenvalue weighted by atomic mass is 10.1. The van der Waals surface area contributed by atoms with Gasteiger partial charge in [-0.15, -0.1) is 0 Å². The second-order valence-corrected chi connectivity index (χ2v) is 5.09. The summed E-state index contributed by atoms with van der Waals surface area (Å²) in [4.78, 5) is 10.8. The summed E-state index contributed by atoms with van der Waals surface area (Å²) in [5.74, 6) is 0.626. The van der Waals surface area contributed by atoms with Crippen LogP contribution in [0.25, 0.3) is 0 Å². The Bertz CT molecular complexity index is 398. The fraction of sp³-hybridized carbons (Fsp3) is 0.533. The molecule has 4 heteroatoms. The van der Waals surface area contributed by atoms with Crippen molar-refractivity contribution >= 4 is 5.97 Å². The highest BCUT2D eigenvalue weighted by Gasteiger charge is 2.18. The molecule has 19 heavy (non-hydrogen) atoms. The van der Waals surface area contributed by atoms with Crippen molar-refractivity contribution < 1.29 is 14.3 Å². The number of hydrogen-bond acceptors (Lipinski definition) is 4. The van der Waals surface area contributed by atoms with E-state index in [1.54, 1.807) is 0 Å². The van der Waals surface area contributed by atoms with Crippen LogP contribution in [-0.4, -0.2) is 24.7 Å². The molecule has 1 rings (SSSR count). The molecule has 0 aromatic heterocycles. The largest absolute Gasteiger partial charge is 0.494 e. The molecule has 1 N–H and O–H groups in total. The monoisotopic (exact) mass is 265 g/mol. The number of hydrogen-bond donors (Lipinski definition) is 1. The first-order valence-corrected chi connectivity index (χ1v) is 6.53. The summed E-state index contributed by atoms with van der Waals surface area (Å²) < 4.78 is 10.4. The predicted octanol–water partition coefficient (Wildman–Crippen LogP) is 2.52. The van der Waals surface area contributed by atoms with E-state index in [2.05, 4.69) is 5.32 Å². The Morgan fingerprint density at radius 2 is 1.89 bits per heavy atom. The van der Waals surface area contributed by atoms with Gasteiger partial charge >= 0.3 is 5.97 Å². The average Bonchev–Trinajstić information content (AvgIpc) is 2.36. The Balaban J connectivity index is 2.44. The third-order valence-electron chi connectivity index (χ3n) is 2.64. The molecule has 0 atom stereocenters. The minimum atomic E-state index is -0.254. The third kappa shape index (κ3) is 6.25. The summed E-state index contributed by atoms with van der Waals surface area (Å²) >= 11 is 0. The van der Waals surface area contributed by atoms with Crippen LogP contribution >= 0.6 is 0 Å². The van der Waals surface area contributed by atoms with E-state index in [1.807, 2.05) is 45.0 Å². The number of esters is 1. The highest BCUT2D eigenvalue weighted by atomic mass is 16.5.